The Labute approximate surface area is 131 Å². The summed E-state index contributed by atoms with van der Waals surface area (Å²) in [4.78, 5) is 24.7. The lowest BCUT2D eigenvalue weighted by Gasteiger charge is -2.15. The summed E-state index contributed by atoms with van der Waals surface area (Å²) in [6.45, 7) is 1.81. The van der Waals surface area contributed by atoms with Crippen LogP contribution in [-0.2, 0) is 4.74 Å². The summed E-state index contributed by atoms with van der Waals surface area (Å²) in [7, 11) is 0. The van der Waals surface area contributed by atoms with Crippen LogP contribution in [0.15, 0.2) is 54.3 Å². The van der Waals surface area contributed by atoms with Gasteiger partial charge in [-0.1, -0.05) is 30.3 Å². The fraction of sp³-hybridized carbons (Fsp3) is 0.125. The number of carbonyl (C=O) groups excluding carboxylic acids is 1. The highest BCUT2D eigenvalue weighted by atomic mass is 32.1. The Kier molecular flexibility index (Phi) is 4.20. The van der Waals surface area contributed by atoms with Gasteiger partial charge in [-0.3, -0.25) is 4.98 Å². The highest BCUT2D eigenvalue weighted by Gasteiger charge is 2.22. The molecule has 1 atom stereocenters. The molecule has 0 fully saturated rings. The Hall–Kier alpha value is -2.60. The number of rotatable bonds is 4. The van der Waals surface area contributed by atoms with Gasteiger partial charge in [0.2, 0.25) is 0 Å². The number of carbonyl (C=O) groups is 1. The smallest absolute Gasteiger partial charge is 0.359 e. The molecule has 2 heterocycles. The number of aromatic nitrogens is 3. The third kappa shape index (κ3) is 3.17. The SMILES string of the molecule is Cc1cnc(C(=O)O[C@@H](c2ccccc2)c2nccs2)cn1. The summed E-state index contributed by atoms with van der Waals surface area (Å²) in [5.41, 5.74) is 1.80. The molecule has 0 radical (unpaired) electrons. The van der Waals surface area contributed by atoms with Gasteiger partial charge < -0.3 is 4.74 Å². The van der Waals surface area contributed by atoms with Crippen molar-refractivity contribution in [1.29, 1.82) is 0 Å². The lowest BCUT2D eigenvalue weighted by Crippen LogP contribution is -2.14. The van der Waals surface area contributed by atoms with Crippen LogP contribution in [0.5, 0.6) is 0 Å². The van der Waals surface area contributed by atoms with E-state index in [9.17, 15) is 4.79 Å². The Balaban J connectivity index is 1.87. The third-order valence-electron chi connectivity index (χ3n) is 2.99. The molecule has 0 aliphatic rings. The van der Waals surface area contributed by atoms with E-state index in [0.29, 0.717) is 0 Å². The number of esters is 1. The Bertz CT molecular complexity index is 743. The highest BCUT2D eigenvalue weighted by molar-refractivity contribution is 7.09. The van der Waals surface area contributed by atoms with Crippen LogP contribution in [0.1, 0.15) is 32.9 Å². The Morgan fingerprint density at radius 1 is 1.14 bits per heavy atom. The van der Waals surface area contributed by atoms with Crippen molar-refractivity contribution in [2.24, 2.45) is 0 Å². The van der Waals surface area contributed by atoms with Crippen molar-refractivity contribution in [1.82, 2.24) is 15.0 Å². The summed E-state index contributed by atoms with van der Waals surface area (Å²) >= 11 is 1.44. The quantitative estimate of drug-likeness (QED) is 0.692. The van der Waals surface area contributed by atoms with Crippen molar-refractivity contribution in [3.8, 4) is 0 Å². The summed E-state index contributed by atoms with van der Waals surface area (Å²) in [5.74, 6) is -0.517. The van der Waals surface area contributed by atoms with E-state index >= 15 is 0 Å². The van der Waals surface area contributed by atoms with Gasteiger partial charge in [-0.15, -0.1) is 11.3 Å². The molecule has 0 saturated heterocycles. The molecule has 22 heavy (non-hydrogen) atoms. The van der Waals surface area contributed by atoms with Crippen LogP contribution in [0.25, 0.3) is 0 Å². The molecule has 5 nitrogen and oxygen atoms in total. The van der Waals surface area contributed by atoms with E-state index in [4.69, 9.17) is 4.74 Å². The van der Waals surface area contributed by atoms with Crippen LogP contribution >= 0.6 is 11.3 Å². The molecule has 0 amide bonds. The van der Waals surface area contributed by atoms with Crippen LogP contribution < -0.4 is 0 Å². The first-order valence-corrected chi connectivity index (χ1v) is 7.56. The largest absolute Gasteiger partial charge is 0.445 e. The number of thiazole rings is 1. The molecule has 0 saturated carbocycles. The summed E-state index contributed by atoms with van der Waals surface area (Å²) in [6.07, 6.45) is 4.10. The van der Waals surface area contributed by atoms with Crippen molar-refractivity contribution in [3.63, 3.8) is 0 Å². The van der Waals surface area contributed by atoms with Crippen LogP contribution in [0.3, 0.4) is 0 Å². The van der Waals surface area contributed by atoms with E-state index in [1.165, 1.54) is 23.7 Å². The maximum Gasteiger partial charge on any atom is 0.359 e. The second-order valence-corrected chi connectivity index (χ2v) is 5.54. The zero-order valence-corrected chi connectivity index (χ0v) is 12.7. The molecule has 0 aliphatic carbocycles. The molecule has 110 valence electrons. The predicted molar refractivity (Wildman–Crippen MR) is 82.6 cm³/mol. The van der Waals surface area contributed by atoms with Crippen molar-refractivity contribution in [2.75, 3.05) is 0 Å². The topological polar surface area (TPSA) is 65.0 Å². The van der Waals surface area contributed by atoms with Gasteiger partial charge in [-0.05, 0) is 12.5 Å². The molecule has 0 spiro atoms. The lowest BCUT2D eigenvalue weighted by atomic mass is 10.1. The molecular formula is C16H13N3O2S. The zero-order valence-electron chi connectivity index (χ0n) is 11.8. The minimum absolute atomic E-state index is 0.183. The maximum atomic E-state index is 12.3. The molecule has 2 aromatic heterocycles. The first-order chi connectivity index (χ1) is 10.7. The van der Waals surface area contributed by atoms with Crippen LogP contribution in [0.2, 0.25) is 0 Å². The predicted octanol–water partition coefficient (Wildman–Crippen LogP) is 3.19. The maximum absolute atomic E-state index is 12.3. The first kappa shape index (κ1) is 14.3. The number of benzene rings is 1. The molecule has 3 aromatic rings. The Morgan fingerprint density at radius 2 is 1.95 bits per heavy atom. The van der Waals surface area contributed by atoms with Gasteiger partial charge in [0.15, 0.2) is 11.8 Å². The lowest BCUT2D eigenvalue weighted by molar-refractivity contribution is 0.0370. The highest BCUT2D eigenvalue weighted by Crippen LogP contribution is 2.28. The van der Waals surface area contributed by atoms with Gasteiger partial charge >= 0.3 is 5.97 Å². The van der Waals surface area contributed by atoms with Gasteiger partial charge in [0.25, 0.3) is 0 Å². The molecule has 6 heteroatoms. The van der Waals surface area contributed by atoms with Crippen LogP contribution in [-0.4, -0.2) is 20.9 Å². The standard InChI is InChI=1S/C16H13N3O2S/c1-11-9-19-13(10-18-11)16(20)21-14(15-17-7-8-22-15)12-5-3-2-4-6-12/h2-10,14H,1H3/t14-/m0/s1. The third-order valence-corrected chi connectivity index (χ3v) is 3.81. The Morgan fingerprint density at radius 3 is 2.59 bits per heavy atom. The van der Waals surface area contributed by atoms with Crippen molar-refractivity contribution >= 4 is 17.3 Å². The molecule has 0 aliphatic heterocycles. The van der Waals surface area contributed by atoms with Gasteiger partial charge in [-0.25, -0.2) is 14.8 Å². The van der Waals surface area contributed by atoms with E-state index in [2.05, 4.69) is 15.0 Å². The summed E-state index contributed by atoms with van der Waals surface area (Å²) in [6, 6.07) is 9.51. The fourth-order valence-corrected chi connectivity index (χ4v) is 2.61. The van der Waals surface area contributed by atoms with Crippen LogP contribution in [0, 0.1) is 6.92 Å². The molecule has 3 rings (SSSR count). The molecule has 0 N–H and O–H groups in total. The van der Waals surface area contributed by atoms with Crippen molar-refractivity contribution in [3.05, 3.63) is 76.3 Å². The molecule has 0 unspecified atom stereocenters. The van der Waals surface area contributed by atoms with Crippen LogP contribution in [0.4, 0.5) is 0 Å². The number of aryl methyl sites for hydroxylation is 1. The van der Waals surface area contributed by atoms with Gasteiger partial charge in [0.1, 0.15) is 5.01 Å². The number of hydrogen-bond acceptors (Lipinski definition) is 6. The summed E-state index contributed by atoms with van der Waals surface area (Å²) < 4.78 is 5.61. The second-order valence-electron chi connectivity index (χ2n) is 4.61. The minimum Gasteiger partial charge on any atom is -0.445 e. The van der Waals surface area contributed by atoms with Gasteiger partial charge in [0, 0.05) is 17.8 Å². The summed E-state index contributed by atoms with van der Waals surface area (Å²) in [5, 5.41) is 2.57. The van der Waals surface area contributed by atoms with Crippen molar-refractivity contribution < 1.29 is 9.53 Å². The minimum atomic E-state index is -0.545. The number of ether oxygens (including phenoxy) is 1. The number of hydrogen-bond donors (Lipinski definition) is 0. The molecular weight excluding hydrogens is 298 g/mol. The van der Waals surface area contributed by atoms with Gasteiger partial charge in [0.05, 0.1) is 11.9 Å². The monoisotopic (exact) mass is 311 g/mol. The average Bonchev–Trinajstić information content (AvgIpc) is 3.08. The number of nitrogens with zero attached hydrogens (tertiary/aromatic N) is 3. The van der Waals surface area contributed by atoms with E-state index in [-0.39, 0.29) is 5.69 Å². The first-order valence-electron chi connectivity index (χ1n) is 6.68. The average molecular weight is 311 g/mol. The molecule has 1 aromatic carbocycles. The second kappa shape index (κ2) is 6.44. The fourth-order valence-electron chi connectivity index (χ4n) is 1.92. The van der Waals surface area contributed by atoms with E-state index in [0.717, 1.165) is 16.3 Å². The molecule has 0 bridgehead atoms. The van der Waals surface area contributed by atoms with Crippen molar-refractivity contribution in [2.45, 2.75) is 13.0 Å². The van der Waals surface area contributed by atoms with E-state index in [1.807, 2.05) is 42.6 Å². The zero-order chi connectivity index (χ0) is 15.4. The van der Waals surface area contributed by atoms with E-state index in [1.54, 1.807) is 6.20 Å². The normalized spacial score (nSPS) is 11.9. The van der Waals surface area contributed by atoms with E-state index < -0.39 is 12.1 Å². The van der Waals surface area contributed by atoms with Gasteiger partial charge in [-0.2, -0.15) is 0 Å².